The smallest absolute Gasteiger partial charge is 0.236 e. The van der Waals surface area contributed by atoms with E-state index in [9.17, 15) is 9.18 Å². The topological polar surface area (TPSA) is 32.3 Å². The lowest BCUT2D eigenvalue weighted by Gasteiger charge is -2.21. The molecule has 120 valence electrons. The fourth-order valence-electron chi connectivity index (χ4n) is 2.84. The quantitative estimate of drug-likeness (QED) is 0.593. The van der Waals surface area contributed by atoms with Gasteiger partial charge in [-0.3, -0.25) is 4.79 Å². The molecule has 0 aromatic rings. The Labute approximate surface area is 128 Å². The molecule has 0 heterocycles. The van der Waals surface area contributed by atoms with Crippen LogP contribution in [0, 0.1) is 11.8 Å². The zero-order valence-corrected chi connectivity index (χ0v) is 13.4. The lowest BCUT2D eigenvalue weighted by atomic mass is 9.99. The number of halogens is 1. The SMILES string of the molecule is C=CCC(/C=C/F)C1CC1NCC(=O)N(CCC)CCC. The summed E-state index contributed by atoms with van der Waals surface area (Å²) in [4.78, 5) is 14.1. The zero-order valence-electron chi connectivity index (χ0n) is 13.4. The van der Waals surface area contributed by atoms with E-state index in [0.717, 1.165) is 38.8 Å². The molecule has 3 nitrogen and oxygen atoms in total. The Morgan fingerprint density at radius 1 is 1.43 bits per heavy atom. The summed E-state index contributed by atoms with van der Waals surface area (Å²) in [6, 6.07) is 0.334. The molecule has 1 rings (SSSR count). The Bertz CT molecular complexity index is 351. The van der Waals surface area contributed by atoms with Gasteiger partial charge in [0.25, 0.3) is 0 Å². The summed E-state index contributed by atoms with van der Waals surface area (Å²) < 4.78 is 12.4. The third-order valence-electron chi connectivity index (χ3n) is 4.00. The fraction of sp³-hybridized carbons (Fsp3) is 0.706. The Kier molecular flexibility index (Phi) is 8.28. The highest BCUT2D eigenvalue weighted by atomic mass is 19.1. The van der Waals surface area contributed by atoms with Crippen LogP contribution < -0.4 is 5.32 Å². The van der Waals surface area contributed by atoms with Crippen LogP contribution in [0.3, 0.4) is 0 Å². The van der Waals surface area contributed by atoms with Crippen LogP contribution in [0.25, 0.3) is 0 Å². The minimum absolute atomic E-state index is 0.172. The maximum atomic E-state index is 12.4. The molecule has 0 saturated heterocycles. The summed E-state index contributed by atoms with van der Waals surface area (Å²) in [5, 5.41) is 3.32. The van der Waals surface area contributed by atoms with Crippen molar-refractivity contribution < 1.29 is 9.18 Å². The predicted octanol–water partition coefficient (Wildman–Crippen LogP) is 3.29. The molecule has 21 heavy (non-hydrogen) atoms. The van der Waals surface area contributed by atoms with E-state index in [4.69, 9.17) is 0 Å². The summed E-state index contributed by atoms with van der Waals surface area (Å²) in [5.41, 5.74) is 0. The third-order valence-corrected chi connectivity index (χ3v) is 4.00. The lowest BCUT2D eigenvalue weighted by molar-refractivity contribution is -0.130. The number of nitrogens with one attached hydrogen (secondary N) is 1. The first-order valence-electron chi connectivity index (χ1n) is 8.06. The summed E-state index contributed by atoms with van der Waals surface area (Å²) in [7, 11) is 0. The third kappa shape index (κ3) is 6.00. The molecule has 1 aliphatic rings. The van der Waals surface area contributed by atoms with Gasteiger partial charge in [0.1, 0.15) is 0 Å². The van der Waals surface area contributed by atoms with Crippen LogP contribution in [-0.4, -0.2) is 36.5 Å². The van der Waals surface area contributed by atoms with E-state index in [2.05, 4.69) is 25.7 Å². The minimum atomic E-state index is 0.172. The second-order valence-electron chi connectivity index (χ2n) is 5.77. The number of hydrogen-bond donors (Lipinski definition) is 1. The van der Waals surface area contributed by atoms with Gasteiger partial charge in [0, 0.05) is 19.1 Å². The monoisotopic (exact) mass is 296 g/mol. The van der Waals surface area contributed by atoms with Gasteiger partial charge in [-0.05, 0) is 37.5 Å². The largest absolute Gasteiger partial charge is 0.342 e. The Morgan fingerprint density at radius 2 is 2.10 bits per heavy atom. The van der Waals surface area contributed by atoms with Gasteiger partial charge < -0.3 is 10.2 Å². The maximum Gasteiger partial charge on any atom is 0.236 e. The zero-order chi connectivity index (χ0) is 15.7. The average Bonchev–Trinajstić information content (AvgIpc) is 3.24. The molecule has 0 aromatic heterocycles. The molecule has 0 spiro atoms. The summed E-state index contributed by atoms with van der Waals surface area (Å²) in [6.07, 6.45) is 7.83. The van der Waals surface area contributed by atoms with Gasteiger partial charge in [0.05, 0.1) is 12.9 Å². The Balaban J connectivity index is 2.35. The summed E-state index contributed by atoms with van der Waals surface area (Å²) in [5.74, 6) is 0.793. The van der Waals surface area contributed by atoms with Gasteiger partial charge in [-0.2, -0.15) is 0 Å². The van der Waals surface area contributed by atoms with Crippen molar-refractivity contribution in [1.29, 1.82) is 0 Å². The van der Waals surface area contributed by atoms with Crippen LogP contribution in [0.15, 0.2) is 25.1 Å². The van der Waals surface area contributed by atoms with E-state index in [-0.39, 0.29) is 11.8 Å². The van der Waals surface area contributed by atoms with E-state index in [1.165, 1.54) is 0 Å². The number of hydrogen-bond acceptors (Lipinski definition) is 2. The molecule has 4 heteroatoms. The maximum absolute atomic E-state index is 12.4. The predicted molar refractivity (Wildman–Crippen MR) is 85.6 cm³/mol. The molecule has 1 N–H and O–H groups in total. The fourth-order valence-corrected chi connectivity index (χ4v) is 2.84. The van der Waals surface area contributed by atoms with E-state index in [1.54, 1.807) is 6.08 Å². The standard InChI is InChI=1S/C17H29FN2O/c1-4-7-14(8-9-18)15-12-16(15)19-13-17(21)20(10-5-2)11-6-3/h4,8-9,14-16,19H,1,5-7,10-13H2,2-3H3/b9-8+. The first kappa shape index (κ1) is 17.9. The van der Waals surface area contributed by atoms with Gasteiger partial charge in [-0.1, -0.05) is 26.0 Å². The number of carbonyl (C=O) groups excluding carboxylic acids is 1. The van der Waals surface area contributed by atoms with Crippen LogP contribution in [-0.2, 0) is 4.79 Å². The van der Waals surface area contributed by atoms with Gasteiger partial charge in [-0.15, -0.1) is 6.58 Å². The number of carbonyl (C=O) groups is 1. The van der Waals surface area contributed by atoms with Crippen molar-refractivity contribution >= 4 is 5.91 Å². The summed E-state index contributed by atoms with van der Waals surface area (Å²) >= 11 is 0. The summed E-state index contributed by atoms with van der Waals surface area (Å²) in [6.45, 7) is 9.93. The van der Waals surface area contributed by atoms with Crippen LogP contribution in [0.2, 0.25) is 0 Å². The van der Waals surface area contributed by atoms with Crippen molar-refractivity contribution in [1.82, 2.24) is 10.2 Å². The molecule has 1 aliphatic carbocycles. The average molecular weight is 296 g/mol. The molecule has 1 amide bonds. The molecule has 3 unspecified atom stereocenters. The highest BCUT2D eigenvalue weighted by Crippen LogP contribution is 2.40. The molecule has 0 aliphatic heterocycles. The molecule has 1 fully saturated rings. The van der Waals surface area contributed by atoms with E-state index >= 15 is 0 Å². The number of amides is 1. The molecular weight excluding hydrogens is 267 g/mol. The molecule has 0 aromatic carbocycles. The van der Waals surface area contributed by atoms with Crippen LogP contribution in [0.4, 0.5) is 4.39 Å². The van der Waals surface area contributed by atoms with E-state index < -0.39 is 0 Å². The molecule has 0 radical (unpaired) electrons. The van der Waals surface area contributed by atoms with Crippen molar-refractivity contribution in [3.8, 4) is 0 Å². The molecule has 0 bridgehead atoms. The van der Waals surface area contributed by atoms with Crippen molar-refractivity contribution in [3.05, 3.63) is 25.1 Å². The molecule has 1 saturated carbocycles. The van der Waals surface area contributed by atoms with Crippen LogP contribution in [0.5, 0.6) is 0 Å². The first-order chi connectivity index (χ1) is 10.2. The van der Waals surface area contributed by atoms with Crippen molar-refractivity contribution in [2.75, 3.05) is 19.6 Å². The minimum Gasteiger partial charge on any atom is -0.342 e. The highest BCUT2D eigenvalue weighted by molar-refractivity contribution is 5.78. The first-order valence-corrected chi connectivity index (χ1v) is 8.06. The number of rotatable bonds is 11. The molecular formula is C17H29FN2O. The Morgan fingerprint density at radius 3 is 2.62 bits per heavy atom. The molecule has 3 atom stereocenters. The van der Waals surface area contributed by atoms with Gasteiger partial charge in [0.2, 0.25) is 5.91 Å². The highest BCUT2D eigenvalue weighted by Gasteiger charge is 2.41. The van der Waals surface area contributed by atoms with E-state index in [0.29, 0.717) is 24.8 Å². The number of allylic oxidation sites excluding steroid dienone is 2. The van der Waals surface area contributed by atoms with E-state index in [1.807, 2.05) is 11.0 Å². The van der Waals surface area contributed by atoms with Crippen LogP contribution in [0.1, 0.15) is 39.5 Å². The van der Waals surface area contributed by atoms with Crippen molar-refractivity contribution in [2.45, 2.75) is 45.6 Å². The second kappa shape index (κ2) is 9.72. The Hall–Kier alpha value is -1.16. The van der Waals surface area contributed by atoms with Gasteiger partial charge >= 0.3 is 0 Å². The second-order valence-corrected chi connectivity index (χ2v) is 5.77. The van der Waals surface area contributed by atoms with Crippen molar-refractivity contribution in [2.24, 2.45) is 11.8 Å². The number of nitrogens with zero attached hydrogens (tertiary/aromatic N) is 1. The normalized spacial score (nSPS) is 22.2. The van der Waals surface area contributed by atoms with Gasteiger partial charge in [-0.25, -0.2) is 4.39 Å². The lowest BCUT2D eigenvalue weighted by Crippen LogP contribution is -2.40. The van der Waals surface area contributed by atoms with Crippen molar-refractivity contribution in [3.63, 3.8) is 0 Å². The van der Waals surface area contributed by atoms with Crippen LogP contribution >= 0.6 is 0 Å². The van der Waals surface area contributed by atoms with Gasteiger partial charge in [0.15, 0.2) is 0 Å².